The average Bonchev–Trinajstić information content (AvgIpc) is 3.00. The average molecular weight is 441 g/mol. The monoisotopic (exact) mass is 440 g/mol. The molecule has 2 aromatic carbocycles. The molecular weight excluding hydrogens is 416 g/mol. The van der Waals surface area contributed by atoms with Gasteiger partial charge in [0.25, 0.3) is 11.8 Å². The highest BCUT2D eigenvalue weighted by Crippen LogP contribution is 2.39. The number of hydrogen-bond acceptors (Lipinski definition) is 4. The van der Waals surface area contributed by atoms with E-state index in [-0.39, 0.29) is 18.4 Å². The number of carbonyl (C=O) groups is 2. The van der Waals surface area contributed by atoms with Crippen LogP contribution < -0.4 is 0 Å². The molecule has 156 valence electrons. The van der Waals surface area contributed by atoms with Gasteiger partial charge in [0.15, 0.2) is 0 Å². The highest BCUT2D eigenvalue weighted by atomic mass is 35.5. The van der Waals surface area contributed by atoms with E-state index < -0.39 is 0 Å². The van der Waals surface area contributed by atoms with Crippen LogP contribution in [0.5, 0.6) is 0 Å². The third-order valence-electron chi connectivity index (χ3n) is 5.79. The zero-order valence-corrected chi connectivity index (χ0v) is 18.6. The summed E-state index contributed by atoms with van der Waals surface area (Å²) >= 11 is 7.37. The van der Waals surface area contributed by atoms with E-state index in [9.17, 15) is 9.59 Å². The van der Waals surface area contributed by atoms with Crippen LogP contribution in [-0.2, 0) is 16.1 Å². The Balaban J connectivity index is 1.66. The molecular formula is C24H25ClN2O2S. The molecule has 0 unspecified atom stereocenters. The van der Waals surface area contributed by atoms with Gasteiger partial charge in [0.05, 0.1) is 6.54 Å². The molecule has 6 heteroatoms. The van der Waals surface area contributed by atoms with Crippen LogP contribution in [0.2, 0.25) is 5.02 Å². The number of nitrogens with zero attached hydrogens (tertiary/aromatic N) is 2. The molecule has 0 bridgehead atoms. The SMILES string of the molecule is CN(C1=C(Sc2ccc(Cl)cc2)C(=O)N(Cc2ccccc2)C1=O)C1CCCCC1. The predicted molar refractivity (Wildman–Crippen MR) is 121 cm³/mol. The summed E-state index contributed by atoms with van der Waals surface area (Å²) in [6.07, 6.45) is 5.68. The Morgan fingerprint density at radius 1 is 0.967 bits per heavy atom. The van der Waals surface area contributed by atoms with Gasteiger partial charge in [0.1, 0.15) is 10.6 Å². The first-order valence-electron chi connectivity index (χ1n) is 10.4. The van der Waals surface area contributed by atoms with Gasteiger partial charge in [-0.3, -0.25) is 14.5 Å². The van der Waals surface area contributed by atoms with Crippen LogP contribution in [0.1, 0.15) is 37.7 Å². The fourth-order valence-electron chi connectivity index (χ4n) is 4.13. The Morgan fingerprint density at radius 3 is 2.30 bits per heavy atom. The van der Waals surface area contributed by atoms with Gasteiger partial charge in [-0.2, -0.15) is 0 Å². The molecule has 0 N–H and O–H groups in total. The molecule has 2 amide bonds. The van der Waals surface area contributed by atoms with Crippen molar-refractivity contribution in [2.24, 2.45) is 0 Å². The van der Waals surface area contributed by atoms with Crippen LogP contribution >= 0.6 is 23.4 Å². The first-order chi connectivity index (χ1) is 14.5. The fraction of sp³-hybridized carbons (Fsp3) is 0.333. The lowest BCUT2D eigenvalue weighted by Crippen LogP contribution is -2.38. The minimum atomic E-state index is -0.221. The summed E-state index contributed by atoms with van der Waals surface area (Å²) in [7, 11) is 1.96. The molecule has 2 aromatic rings. The Kier molecular flexibility index (Phi) is 6.49. The van der Waals surface area contributed by atoms with Crippen molar-refractivity contribution in [1.82, 2.24) is 9.80 Å². The summed E-state index contributed by atoms with van der Waals surface area (Å²) < 4.78 is 0. The second-order valence-corrected chi connectivity index (χ2v) is 9.34. The predicted octanol–water partition coefficient (Wildman–Crippen LogP) is 5.48. The van der Waals surface area contributed by atoms with Gasteiger partial charge in [0, 0.05) is 23.0 Å². The van der Waals surface area contributed by atoms with Crippen LogP contribution in [0.15, 0.2) is 70.1 Å². The lowest BCUT2D eigenvalue weighted by atomic mass is 9.94. The van der Waals surface area contributed by atoms with Crippen molar-refractivity contribution in [2.45, 2.75) is 49.6 Å². The molecule has 1 heterocycles. The van der Waals surface area contributed by atoms with E-state index in [0.717, 1.165) is 36.1 Å². The topological polar surface area (TPSA) is 40.6 Å². The minimum absolute atomic E-state index is 0.201. The first kappa shape index (κ1) is 21.0. The second kappa shape index (κ2) is 9.27. The van der Waals surface area contributed by atoms with Gasteiger partial charge in [-0.25, -0.2) is 0 Å². The molecule has 1 aliphatic carbocycles. The van der Waals surface area contributed by atoms with E-state index >= 15 is 0 Å². The van der Waals surface area contributed by atoms with E-state index in [4.69, 9.17) is 11.6 Å². The number of halogens is 1. The molecule has 2 aliphatic rings. The maximum Gasteiger partial charge on any atom is 0.278 e. The normalized spacial score (nSPS) is 17.7. The molecule has 0 radical (unpaired) electrons. The van der Waals surface area contributed by atoms with Crippen molar-refractivity contribution < 1.29 is 9.59 Å². The standard InChI is InChI=1S/C24H25ClN2O2S/c1-26(19-10-6-3-7-11-19)21-22(30-20-14-12-18(25)13-15-20)24(29)27(23(21)28)16-17-8-4-2-5-9-17/h2,4-5,8-9,12-15,19H,3,6-7,10-11,16H2,1H3. The van der Waals surface area contributed by atoms with Gasteiger partial charge >= 0.3 is 0 Å². The van der Waals surface area contributed by atoms with E-state index in [2.05, 4.69) is 4.90 Å². The largest absolute Gasteiger partial charge is 0.366 e. The number of hydrogen-bond donors (Lipinski definition) is 0. The highest BCUT2D eigenvalue weighted by molar-refractivity contribution is 8.04. The van der Waals surface area contributed by atoms with Crippen molar-refractivity contribution in [3.63, 3.8) is 0 Å². The lowest BCUT2D eigenvalue weighted by Gasteiger charge is -2.33. The number of carbonyl (C=O) groups excluding carboxylic acids is 2. The van der Waals surface area contributed by atoms with Crippen LogP contribution in [0, 0.1) is 0 Å². The maximum atomic E-state index is 13.4. The van der Waals surface area contributed by atoms with Gasteiger partial charge in [0.2, 0.25) is 0 Å². The summed E-state index contributed by atoms with van der Waals surface area (Å²) in [5.74, 6) is -0.421. The van der Waals surface area contributed by atoms with Crippen LogP contribution in [0.4, 0.5) is 0 Å². The quantitative estimate of drug-likeness (QED) is 0.558. The Labute approximate surface area is 186 Å². The maximum absolute atomic E-state index is 13.4. The first-order valence-corrected chi connectivity index (χ1v) is 11.5. The molecule has 4 nitrogen and oxygen atoms in total. The van der Waals surface area contributed by atoms with E-state index in [1.54, 1.807) is 12.1 Å². The minimum Gasteiger partial charge on any atom is -0.366 e. The third-order valence-corrected chi connectivity index (χ3v) is 7.13. The Bertz CT molecular complexity index is 953. The molecule has 1 saturated carbocycles. The molecule has 4 rings (SSSR count). The molecule has 0 spiro atoms. The van der Waals surface area contributed by atoms with Gasteiger partial charge in [-0.15, -0.1) is 0 Å². The highest BCUT2D eigenvalue weighted by Gasteiger charge is 2.42. The lowest BCUT2D eigenvalue weighted by molar-refractivity contribution is -0.138. The summed E-state index contributed by atoms with van der Waals surface area (Å²) in [6, 6.07) is 17.3. The van der Waals surface area contributed by atoms with E-state index in [1.807, 2.05) is 49.5 Å². The van der Waals surface area contributed by atoms with Crippen LogP contribution in [-0.4, -0.2) is 34.7 Å². The van der Waals surface area contributed by atoms with Crippen molar-refractivity contribution in [3.05, 3.63) is 75.8 Å². The van der Waals surface area contributed by atoms with Gasteiger partial charge in [-0.05, 0) is 42.7 Å². The summed E-state index contributed by atoms with van der Waals surface area (Å²) in [5, 5.41) is 0.646. The van der Waals surface area contributed by atoms with Gasteiger partial charge < -0.3 is 4.90 Å². The van der Waals surface area contributed by atoms with Crippen LogP contribution in [0.3, 0.4) is 0 Å². The zero-order chi connectivity index (χ0) is 21.1. The van der Waals surface area contributed by atoms with E-state index in [0.29, 0.717) is 21.7 Å². The van der Waals surface area contributed by atoms with Crippen molar-refractivity contribution in [2.75, 3.05) is 7.05 Å². The molecule has 1 fully saturated rings. The summed E-state index contributed by atoms with van der Waals surface area (Å²) in [5.41, 5.74) is 1.47. The molecule has 0 atom stereocenters. The summed E-state index contributed by atoms with van der Waals surface area (Å²) in [6.45, 7) is 0.283. The molecule has 1 aliphatic heterocycles. The number of rotatable bonds is 6. The van der Waals surface area contributed by atoms with Crippen molar-refractivity contribution >= 4 is 35.2 Å². The Morgan fingerprint density at radius 2 is 1.63 bits per heavy atom. The number of amides is 2. The Hall–Kier alpha value is -2.24. The summed E-state index contributed by atoms with van der Waals surface area (Å²) in [4.78, 5) is 31.6. The number of benzene rings is 2. The van der Waals surface area contributed by atoms with Crippen molar-refractivity contribution in [3.8, 4) is 0 Å². The third kappa shape index (κ3) is 4.42. The second-order valence-electron chi connectivity index (χ2n) is 7.82. The van der Waals surface area contributed by atoms with E-state index in [1.165, 1.54) is 23.1 Å². The van der Waals surface area contributed by atoms with Gasteiger partial charge in [-0.1, -0.05) is 73.0 Å². The zero-order valence-electron chi connectivity index (χ0n) is 17.0. The smallest absolute Gasteiger partial charge is 0.278 e. The fourth-order valence-corrected chi connectivity index (χ4v) is 5.28. The number of imide groups is 1. The molecule has 30 heavy (non-hydrogen) atoms. The molecule has 0 saturated heterocycles. The number of thioether (sulfide) groups is 1. The number of likely N-dealkylation sites (N-methyl/N-ethyl adjacent to an activating group) is 1. The molecule has 0 aromatic heterocycles. The van der Waals surface area contributed by atoms with Crippen LogP contribution in [0.25, 0.3) is 0 Å². The van der Waals surface area contributed by atoms with Crippen molar-refractivity contribution in [1.29, 1.82) is 0 Å².